The lowest BCUT2D eigenvalue weighted by atomic mass is 9.91. The molecule has 5 N–H and O–H groups in total. The van der Waals surface area contributed by atoms with Crippen molar-refractivity contribution < 1.29 is 29.7 Å². The number of aliphatic hydroxyl groups is 1. The number of hydrogen-bond donors (Lipinski definition) is 5. The van der Waals surface area contributed by atoms with E-state index in [9.17, 15) is 24.6 Å². The molecule has 0 bridgehead atoms. The van der Waals surface area contributed by atoms with Crippen molar-refractivity contribution in [2.45, 2.75) is 32.4 Å². The van der Waals surface area contributed by atoms with Crippen molar-refractivity contribution in [1.82, 2.24) is 15.2 Å². The van der Waals surface area contributed by atoms with E-state index in [1.54, 1.807) is 24.3 Å². The number of fused-ring (bicyclic) bond motifs is 1. The third-order valence-corrected chi connectivity index (χ3v) is 4.46. The van der Waals surface area contributed by atoms with Gasteiger partial charge in [0.05, 0.1) is 6.54 Å². The van der Waals surface area contributed by atoms with Crippen LogP contribution in [0, 0.1) is 5.92 Å². The van der Waals surface area contributed by atoms with Crippen LogP contribution in [-0.2, 0) is 15.1 Å². The smallest absolute Gasteiger partial charge is 0.334 e. The third kappa shape index (κ3) is 4.42. The summed E-state index contributed by atoms with van der Waals surface area (Å²) >= 11 is 0. The van der Waals surface area contributed by atoms with Crippen LogP contribution in [0.15, 0.2) is 30.5 Å². The van der Waals surface area contributed by atoms with Crippen molar-refractivity contribution in [3.8, 4) is 0 Å². The zero-order chi connectivity index (χ0) is 21.1. The molecule has 0 saturated carbocycles. The van der Waals surface area contributed by atoms with Gasteiger partial charge in [0, 0.05) is 29.2 Å². The van der Waals surface area contributed by atoms with Crippen LogP contribution in [0.25, 0.3) is 10.9 Å². The summed E-state index contributed by atoms with van der Waals surface area (Å²) < 4.78 is 0. The maximum Gasteiger partial charge on any atom is 0.334 e. The van der Waals surface area contributed by atoms with Crippen LogP contribution in [0.3, 0.4) is 0 Å². The molecule has 2 rings (SSSR count). The normalized spacial score (nSPS) is 14.5. The van der Waals surface area contributed by atoms with E-state index in [-0.39, 0.29) is 12.5 Å². The lowest BCUT2D eigenvalue weighted by Gasteiger charge is -2.32. The van der Waals surface area contributed by atoms with E-state index in [2.05, 4.69) is 10.3 Å². The van der Waals surface area contributed by atoms with Gasteiger partial charge < -0.3 is 30.5 Å². The Morgan fingerprint density at radius 3 is 2.39 bits per heavy atom. The highest BCUT2D eigenvalue weighted by atomic mass is 16.4. The molecule has 2 aromatic rings. The Morgan fingerprint density at radius 1 is 1.18 bits per heavy atom. The Hall–Kier alpha value is -3.07. The first kappa shape index (κ1) is 21.2. The number of para-hydroxylation sites is 1. The van der Waals surface area contributed by atoms with Crippen LogP contribution in [0.1, 0.15) is 26.3 Å². The molecule has 0 saturated heterocycles. The fraction of sp³-hybridized carbons (Fsp3) is 0.421. The molecule has 0 aliphatic rings. The summed E-state index contributed by atoms with van der Waals surface area (Å²) in [5, 5.41) is 31.6. The quantitative estimate of drug-likeness (QED) is 0.462. The van der Waals surface area contributed by atoms with E-state index in [0.29, 0.717) is 10.9 Å². The summed E-state index contributed by atoms with van der Waals surface area (Å²) in [6.45, 7) is 4.71. The van der Waals surface area contributed by atoms with Gasteiger partial charge >= 0.3 is 18.0 Å². The topological polar surface area (TPSA) is 143 Å². The van der Waals surface area contributed by atoms with E-state index in [1.807, 2.05) is 13.8 Å². The molecule has 1 aromatic heterocycles. The zero-order valence-electron chi connectivity index (χ0n) is 16.0. The van der Waals surface area contributed by atoms with Gasteiger partial charge in [-0.2, -0.15) is 0 Å². The molecule has 1 aromatic carbocycles. The van der Waals surface area contributed by atoms with Crippen molar-refractivity contribution in [3.05, 3.63) is 36.0 Å². The highest BCUT2D eigenvalue weighted by Gasteiger charge is 2.40. The standard InChI is InChI=1S/C19H25N3O6/c1-11(2)9-22(10-15(23)16(24)25)18(28)21-19(3,17(26)27)13-8-20-14-7-5-4-6-12(13)14/h4-8,11,15,20,23H,9-10H2,1-3H3,(H,21,28)(H,24,25)(H,26,27)/t15?,19-/m0/s1. The SMILES string of the molecule is CC(C)CN(CC(O)C(=O)O)C(=O)N[C@](C)(C(=O)O)c1c[nH]c2ccccc12. The van der Waals surface area contributed by atoms with Crippen molar-refractivity contribution >= 4 is 28.9 Å². The number of urea groups is 1. The van der Waals surface area contributed by atoms with Crippen LogP contribution in [0.5, 0.6) is 0 Å². The minimum atomic E-state index is -1.77. The van der Waals surface area contributed by atoms with Crippen LogP contribution >= 0.6 is 0 Å². The molecule has 28 heavy (non-hydrogen) atoms. The molecule has 2 amide bonds. The third-order valence-electron chi connectivity index (χ3n) is 4.46. The number of H-pyrrole nitrogens is 1. The molecule has 2 atom stereocenters. The van der Waals surface area contributed by atoms with E-state index in [1.165, 1.54) is 13.1 Å². The zero-order valence-corrected chi connectivity index (χ0v) is 16.0. The highest BCUT2D eigenvalue weighted by molar-refractivity contribution is 5.94. The number of hydrogen-bond acceptors (Lipinski definition) is 4. The summed E-state index contributed by atoms with van der Waals surface area (Å²) in [6.07, 6.45) is -0.244. The number of rotatable bonds is 8. The van der Waals surface area contributed by atoms with Crippen LogP contribution in [-0.4, -0.2) is 62.4 Å². The van der Waals surface area contributed by atoms with Gasteiger partial charge in [-0.1, -0.05) is 32.0 Å². The Labute approximate surface area is 162 Å². The fourth-order valence-corrected chi connectivity index (χ4v) is 2.98. The number of aliphatic carboxylic acids is 2. The van der Waals surface area contributed by atoms with Crippen LogP contribution in [0.4, 0.5) is 4.79 Å². The molecule has 1 heterocycles. The Morgan fingerprint density at radius 2 is 1.82 bits per heavy atom. The fourth-order valence-electron chi connectivity index (χ4n) is 2.98. The molecule has 0 aliphatic heterocycles. The summed E-state index contributed by atoms with van der Waals surface area (Å²) in [5.74, 6) is -2.75. The number of benzene rings is 1. The number of amides is 2. The number of carboxylic acid groups (broad SMARTS) is 2. The highest BCUT2D eigenvalue weighted by Crippen LogP contribution is 2.29. The van der Waals surface area contributed by atoms with Crippen LogP contribution < -0.4 is 5.32 Å². The maximum absolute atomic E-state index is 12.8. The molecule has 1 unspecified atom stereocenters. The molecular formula is C19H25N3O6. The number of carbonyl (C=O) groups is 3. The number of aliphatic hydroxyl groups excluding tert-OH is 1. The summed E-state index contributed by atoms with van der Waals surface area (Å²) in [6, 6.07) is 6.32. The van der Waals surface area contributed by atoms with Gasteiger partial charge in [0.1, 0.15) is 0 Å². The first-order valence-corrected chi connectivity index (χ1v) is 8.84. The Balaban J connectivity index is 2.36. The maximum atomic E-state index is 12.8. The van der Waals surface area contributed by atoms with Gasteiger partial charge in [-0.15, -0.1) is 0 Å². The van der Waals surface area contributed by atoms with Gasteiger partial charge in [0.2, 0.25) is 0 Å². The molecule has 9 heteroatoms. The second-order valence-corrected chi connectivity index (χ2v) is 7.26. The Kier molecular flexibility index (Phi) is 6.30. The second-order valence-electron chi connectivity index (χ2n) is 7.26. The van der Waals surface area contributed by atoms with Crippen LogP contribution in [0.2, 0.25) is 0 Å². The minimum absolute atomic E-state index is 0.0177. The molecule has 152 valence electrons. The van der Waals surface area contributed by atoms with Gasteiger partial charge in [-0.3, -0.25) is 0 Å². The number of aromatic amines is 1. The predicted molar refractivity (Wildman–Crippen MR) is 102 cm³/mol. The van der Waals surface area contributed by atoms with E-state index >= 15 is 0 Å². The van der Waals surface area contributed by atoms with Gasteiger partial charge in [-0.05, 0) is 18.9 Å². The first-order valence-electron chi connectivity index (χ1n) is 8.84. The number of aromatic nitrogens is 1. The van der Waals surface area contributed by atoms with E-state index < -0.39 is 36.2 Å². The summed E-state index contributed by atoms with van der Waals surface area (Å²) in [4.78, 5) is 40.0. The minimum Gasteiger partial charge on any atom is -0.479 e. The Bertz CT molecular complexity index is 877. The molecule has 0 fully saturated rings. The summed E-state index contributed by atoms with van der Waals surface area (Å²) in [7, 11) is 0. The van der Waals surface area contributed by atoms with Crippen molar-refractivity contribution in [2.75, 3.05) is 13.1 Å². The molecule has 0 aliphatic carbocycles. The summed E-state index contributed by atoms with van der Waals surface area (Å²) in [5.41, 5.74) is -0.674. The number of carbonyl (C=O) groups excluding carboxylic acids is 1. The molecule has 0 spiro atoms. The largest absolute Gasteiger partial charge is 0.479 e. The van der Waals surface area contributed by atoms with Gasteiger partial charge in [0.15, 0.2) is 11.6 Å². The molecule has 9 nitrogen and oxygen atoms in total. The lowest BCUT2D eigenvalue weighted by Crippen LogP contribution is -2.56. The average Bonchev–Trinajstić information content (AvgIpc) is 3.04. The van der Waals surface area contributed by atoms with Gasteiger partial charge in [-0.25, -0.2) is 14.4 Å². The number of nitrogens with one attached hydrogen (secondary N) is 2. The monoisotopic (exact) mass is 391 g/mol. The molecular weight excluding hydrogens is 366 g/mol. The predicted octanol–water partition coefficient (Wildman–Crippen LogP) is 1.58. The average molecular weight is 391 g/mol. The van der Waals surface area contributed by atoms with Crippen molar-refractivity contribution in [2.24, 2.45) is 5.92 Å². The lowest BCUT2D eigenvalue weighted by molar-refractivity contribution is -0.147. The van der Waals surface area contributed by atoms with E-state index in [4.69, 9.17) is 5.11 Å². The molecule has 0 radical (unpaired) electrons. The number of carboxylic acids is 2. The van der Waals surface area contributed by atoms with E-state index in [0.717, 1.165) is 10.4 Å². The van der Waals surface area contributed by atoms with Crippen molar-refractivity contribution in [3.63, 3.8) is 0 Å². The second kappa shape index (κ2) is 8.30. The van der Waals surface area contributed by atoms with Crippen molar-refractivity contribution in [1.29, 1.82) is 0 Å². The first-order chi connectivity index (χ1) is 13.1. The number of nitrogens with zero attached hydrogens (tertiary/aromatic N) is 1. The van der Waals surface area contributed by atoms with Gasteiger partial charge in [0.25, 0.3) is 0 Å².